The molecule has 0 spiro atoms. The summed E-state index contributed by atoms with van der Waals surface area (Å²) in [6.45, 7) is 3.59. The molecule has 1 rings (SSSR count). The predicted molar refractivity (Wildman–Crippen MR) is 64.8 cm³/mol. The zero-order chi connectivity index (χ0) is 12.9. The van der Waals surface area contributed by atoms with Crippen LogP contribution in [0.2, 0.25) is 0 Å². The van der Waals surface area contributed by atoms with Gasteiger partial charge >= 0.3 is 5.97 Å². The molecule has 0 radical (unpaired) electrons. The molecule has 17 heavy (non-hydrogen) atoms. The molecule has 1 aromatic rings. The van der Waals surface area contributed by atoms with Gasteiger partial charge in [0.15, 0.2) is 5.16 Å². The van der Waals surface area contributed by atoms with E-state index in [1.165, 1.54) is 24.0 Å². The highest BCUT2D eigenvalue weighted by Gasteiger charge is 2.30. The van der Waals surface area contributed by atoms with Crippen LogP contribution >= 0.6 is 11.8 Å². The number of carbonyl (C=O) groups excluding carboxylic acids is 1. The molecule has 1 heterocycles. The van der Waals surface area contributed by atoms with Crippen LogP contribution in [0.4, 0.5) is 0 Å². The zero-order valence-corrected chi connectivity index (χ0v) is 10.5. The lowest BCUT2D eigenvalue weighted by molar-refractivity contribution is -0.148. The second kappa shape index (κ2) is 5.83. The number of esters is 1. The summed E-state index contributed by atoms with van der Waals surface area (Å²) in [5.74, 6) is -0.190. The molecule has 0 fully saturated rings. The lowest BCUT2D eigenvalue weighted by Crippen LogP contribution is -2.48. The number of nitrogens with one attached hydrogen (secondary N) is 1. The molecule has 0 aliphatic heterocycles. The molecule has 94 valence electrons. The quantitative estimate of drug-likeness (QED) is 0.442. The minimum Gasteiger partial charge on any atom is -0.465 e. The summed E-state index contributed by atoms with van der Waals surface area (Å²) in [5.41, 5.74) is 4.48. The van der Waals surface area contributed by atoms with Crippen molar-refractivity contribution in [3.8, 4) is 0 Å². The number of hydrogen-bond donors (Lipinski definition) is 2. The first kappa shape index (κ1) is 13.7. The maximum absolute atomic E-state index is 11.5. The number of aromatic nitrogens is 2. The van der Waals surface area contributed by atoms with Crippen molar-refractivity contribution in [1.82, 2.24) is 9.97 Å². The summed E-state index contributed by atoms with van der Waals surface area (Å²) < 4.78 is 4.85. The van der Waals surface area contributed by atoms with Crippen molar-refractivity contribution in [2.75, 3.05) is 12.4 Å². The summed E-state index contributed by atoms with van der Waals surface area (Å²) in [4.78, 5) is 29.0. The van der Waals surface area contributed by atoms with Gasteiger partial charge in [-0.25, -0.2) is 4.98 Å². The highest BCUT2D eigenvalue weighted by Crippen LogP contribution is 2.17. The Hall–Kier alpha value is -1.34. The van der Waals surface area contributed by atoms with Crippen molar-refractivity contribution in [3.05, 3.63) is 22.6 Å². The first-order valence-electron chi connectivity index (χ1n) is 5.10. The van der Waals surface area contributed by atoms with E-state index in [1.54, 1.807) is 13.8 Å². The summed E-state index contributed by atoms with van der Waals surface area (Å²) in [5, 5.41) is 0.429. The van der Waals surface area contributed by atoms with Crippen LogP contribution in [0.3, 0.4) is 0 Å². The van der Waals surface area contributed by atoms with Gasteiger partial charge in [0.05, 0.1) is 6.61 Å². The minimum atomic E-state index is -1.10. The van der Waals surface area contributed by atoms with E-state index in [4.69, 9.17) is 10.5 Å². The average Bonchev–Trinajstić information content (AvgIpc) is 2.27. The van der Waals surface area contributed by atoms with Crippen LogP contribution in [0.5, 0.6) is 0 Å². The molecule has 1 unspecified atom stereocenters. The Morgan fingerprint density at radius 1 is 1.71 bits per heavy atom. The van der Waals surface area contributed by atoms with E-state index in [-0.39, 0.29) is 17.9 Å². The summed E-state index contributed by atoms with van der Waals surface area (Å²) >= 11 is 1.20. The molecule has 0 aromatic carbocycles. The minimum absolute atomic E-state index is 0.239. The van der Waals surface area contributed by atoms with Gasteiger partial charge in [-0.2, -0.15) is 0 Å². The molecule has 0 bridgehead atoms. The number of nitrogens with two attached hydrogens (primary N) is 1. The average molecular weight is 257 g/mol. The summed E-state index contributed by atoms with van der Waals surface area (Å²) in [7, 11) is 0. The number of ether oxygens (including phenoxy) is 1. The normalized spacial score (nSPS) is 14.1. The molecule has 0 saturated heterocycles. The van der Waals surface area contributed by atoms with Crippen LogP contribution in [0.15, 0.2) is 22.2 Å². The van der Waals surface area contributed by atoms with E-state index in [0.717, 1.165) is 0 Å². The van der Waals surface area contributed by atoms with Crippen molar-refractivity contribution >= 4 is 17.7 Å². The molecule has 0 aliphatic rings. The van der Waals surface area contributed by atoms with E-state index in [0.29, 0.717) is 5.16 Å². The van der Waals surface area contributed by atoms with Gasteiger partial charge in [-0.3, -0.25) is 9.59 Å². The van der Waals surface area contributed by atoms with Crippen LogP contribution in [-0.4, -0.2) is 33.8 Å². The molecule has 0 aliphatic carbocycles. The number of nitrogens with zero attached hydrogens (tertiary/aromatic N) is 1. The fourth-order valence-corrected chi connectivity index (χ4v) is 1.86. The molecule has 0 saturated carbocycles. The molecule has 1 aromatic heterocycles. The molecule has 3 N–H and O–H groups in total. The highest BCUT2D eigenvalue weighted by atomic mass is 32.2. The van der Waals surface area contributed by atoms with Gasteiger partial charge in [0, 0.05) is 18.0 Å². The Morgan fingerprint density at radius 2 is 2.41 bits per heavy atom. The van der Waals surface area contributed by atoms with E-state index >= 15 is 0 Å². The fourth-order valence-electron chi connectivity index (χ4n) is 0.999. The lowest BCUT2D eigenvalue weighted by atomic mass is 10.1. The van der Waals surface area contributed by atoms with E-state index in [2.05, 4.69) is 9.97 Å². The fraction of sp³-hybridized carbons (Fsp3) is 0.500. The van der Waals surface area contributed by atoms with Crippen molar-refractivity contribution in [1.29, 1.82) is 0 Å². The van der Waals surface area contributed by atoms with Crippen LogP contribution in [0, 0.1) is 0 Å². The summed E-state index contributed by atoms with van der Waals surface area (Å²) in [6, 6.07) is 1.32. The number of H-pyrrole nitrogens is 1. The molecular formula is C10H15N3O3S. The van der Waals surface area contributed by atoms with Crippen molar-refractivity contribution in [3.63, 3.8) is 0 Å². The van der Waals surface area contributed by atoms with Gasteiger partial charge < -0.3 is 15.5 Å². The first-order valence-corrected chi connectivity index (χ1v) is 6.08. The van der Waals surface area contributed by atoms with Crippen LogP contribution < -0.4 is 11.3 Å². The summed E-state index contributed by atoms with van der Waals surface area (Å²) in [6.07, 6.45) is 1.40. The molecule has 6 nitrogen and oxygen atoms in total. The Balaban J connectivity index is 2.60. The number of carbonyl (C=O) groups is 1. The van der Waals surface area contributed by atoms with Gasteiger partial charge in [0.2, 0.25) is 0 Å². The SMILES string of the molecule is CCOC(=O)C(C)(N)CSc1nccc(=O)[nH]1. The van der Waals surface area contributed by atoms with E-state index in [1.807, 2.05) is 0 Å². The number of hydrogen-bond acceptors (Lipinski definition) is 6. The monoisotopic (exact) mass is 257 g/mol. The number of rotatable bonds is 5. The molecule has 1 atom stereocenters. The largest absolute Gasteiger partial charge is 0.465 e. The Bertz CT molecular complexity index is 444. The van der Waals surface area contributed by atoms with Crippen LogP contribution in [-0.2, 0) is 9.53 Å². The number of thioether (sulfide) groups is 1. The Labute approximate surface area is 103 Å². The van der Waals surface area contributed by atoms with Crippen LogP contribution in [0.25, 0.3) is 0 Å². The second-order valence-electron chi connectivity index (χ2n) is 3.67. The number of aromatic amines is 1. The third-order valence-electron chi connectivity index (χ3n) is 1.90. The van der Waals surface area contributed by atoms with Crippen LogP contribution in [0.1, 0.15) is 13.8 Å². The Morgan fingerprint density at radius 3 is 3.00 bits per heavy atom. The highest BCUT2D eigenvalue weighted by molar-refractivity contribution is 7.99. The van der Waals surface area contributed by atoms with Crippen molar-refractivity contribution in [2.24, 2.45) is 5.73 Å². The molecule has 7 heteroatoms. The maximum atomic E-state index is 11.5. The topological polar surface area (TPSA) is 98.1 Å². The maximum Gasteiger partial charge on any atom is 0.326 e. The van der Waals surface area contributed by atoms with Gasteiger partial charge in [-0.15, -0.1) is 0 Å². The van der Waals surface area contributed by atoms with E-state index < -0.39 is 11.5 Å². The molecular weight excluding hydrogens is 242 g/mol. The predicted octanol–water partition coefficient (Wildman–Crippen LogP) is 0.142. The smallest absolute Gasteiger partial charge is 0.326 e. The zero-order valence-electron chi connectivity index (χ0n) is 9.73. The first-order chi connectivity index (χ1) is 7.95. The van der Waals surface area contributed by atoms with Crippen molar-refractivity contribution in [2.45, 2.75) is 24.5 Å². The van der Waals surface area contributed by atoms with Gasteiger partial charge in [0.25, 0.3) is 5.56 Å². The van der Waals surface area contributed by atoms with Crippen molar-refractivity contribution < 1.29 is 9.53 Å². The van der Waals surface area contributed by atoms with E-state index in [9.17, 15) is 9.59 Å². The third-order valence-corrected chi connectivity index (χ3v) is 3.12. The molecule has 0 amide bonds. The Kier molecular flexibility index (Phi) is 4.71. The second-order valence-corrected chi connectivity index (χ2v) is 4.63. The van der Waals surface area contributed by atoms with Gasteiger partial charge in [0.1, 0.15) is 5.54 Å². The van der Waals surface area contributed by atoms with Gasteiger partial charge in [-0.05, 0) is 13.8 Å². The third kappa shape index (κ3) is 4.20. The lowest BCUT2D eigenvalue weighted by Gasteiger charge is -2.21. The standard InChI is InChI=1S/C10H15N3O3S/c1-3-16-8(15)10(2,11)6-17-9-12-5-4-7(14)13-9/h4-5H,3,6,11H2,1-2H3,(H,12,13,14). The van der Waals surface area contributed by atoms with Gasteiger partial charge in [-0.1, -0.05) is 11.8 Å².